The topological polar surface area (TPSA) is 71.7 Å². The SMILES string of the molecule is CCc1nnc(N2CCN(C(=O)OC)CC2)o1. The maximum Gasteiger partial charge on any atom is 0.409 e. The Kier molecular flexibility index (Phi) is 3.46. The van der Waals surface area contributed by atoms with Crippen LogP contribution in [-0.2, 0) is 11.2 Å². The van der Waals surface area contributed by atoms with Gasteiger partial charge >= 0.3 is 12.1 Å². The first-order valence-electron chi connectivity index (χ1n) is 5.64. The standard InChI is InChI=1S/C10H16N4O3/c1-3-8-11-12-9(17-8)13-4-6-14(7-5-13)10(15)16-2/h3-7H2,1-2H3. The van der Waals surface area contributed by atoms with E-state index in [2.05, 4.69) is 14.9 Å². The van der Waals surface area contributed by atoms with E-state index in [1.807, 2.05) is 11.8 Å². The van der Waals surface area contributed by atoms with Crippen molar-refractivity contribution >= 4 is 12.1 Å². The molecule has 2 rings (SSSR count). The summed E-state index contributed by atoms with van der Waals surface area (Å²) in [6.45, 7) is 4.54. The molecule has 0 spiro atoms. The third-order valence-electron chi connectivity index (χ3n) is 2.74. The molecule has 0 N–H and O–H groups in total. The number of aryl methyl sites for hydroxylation is 1. The summed E-state index contributed by atoms with van der Waals surface area (Å²) in [4.78, 5) is 14.9. The highest BCUT2D eigenvalue weighted by molar-refractivity contribution is 5.67. The molecule has 1 fully saturated rings. The normalized spacial score (nSPS) is 16.1. The van der Waals surface area contributed by atoms with Crippen LogP contribution in [0.25, 0.3) is 0 Å². The lowest BCUT2D eigenvalue weighted by Gasteiger charge is -2.32. The molecule has 0 unspecified atom stereocenters. The molecule has 7 nitrogen and oxygen atoms in total. The van der Waals surface area contributed by atoms with E-state index in [1.165, 1.54) is 7.11 Å². The predicted octanol–water partition coefficient (Wildman–Crippen LogP) is 0.520. The maximum atomic E-state index is 11.3. The molecule has 17 heavy (non-hydrogen) atoms. The Balaban J connectivity index is 1.92. The van der Waals surface area contributed by atoms with E-state index < -0.39 is 0 Å². The molecule has 2 heterocycles. The Bertz CT molecular complexity index is 385. The fourth-order valence-electron chi connectivity index (χ4n) is 1.72. The number of carbonyl (C=O) groups is 1. The van der Waals surface area contributed by atoms with Crippen LogP contribution in [0, 0.1) is 0 Å². The second kappa shape index (κ2) is 5.03. The van der Waals surface area contributed by atoms with Gasteiger partial charge in [-0.2, -0.15) is 0 Å². The van der Waals surface area contributed by atoms with E-state index in [0.29, 0.717) is 38.1 Å². The monoisotopic (exact) mass is 240 g/mol. The third kappa shape index (κ3) is 2.48. The number of ether oxygens (including phenoxy) is 1. The van der Waals surface area contributed by atoms with Crippen LogP contribution in [0.5, 0.6) is 0 Å². The molecule has 1 aliphatic rings. The van der Waals surface area contributed by atoms with Gasteiger partial charge in [0.15, 0.2) is 0 Å². The molecular formula is C10H16N4O3. The predicted molar refractivity (Wildman–Crippen MR) is 59.9 cm³/mol. The minimum atomic E-state index is -0.288. The first kappa shape index (κ1) is 11.7. The Hall–Kier alpha value is -1.79. The molecule has 1 amide bonds. The first-order chi connectivity index (χ1) is 8.24. The molecule has 0 aromatic carbocycles. The second-order valence-electron chi connectivity index (χ2n) is 3.78. The van der Waals surface area contributed by atoms with Crippen molar-refractivity contribution in [1.82, 2.24) is 15.1 Å². The van der Waals surface area contributed by atoms with Crippen molar-refractivity contribution in [3.8, 4) is 0 Å². The summed E-state index contributed by atoms with van der Waals surface area (Å²) in [5, 5.41) is 7.89. The van der Waals surface area contributed by atoms with Crippen molar-refractivity contribution in [1.29, 1.82) is 0 Å². The van der Waals surface area contributed by atoms with Crippen LogP contribution >= 0.6 is 0 Å². The smallest absolute Gasteiger partial charge is 0.409 e. The maximum absolute atomic E-state index is 11.3. The van der Waals surface area contributed by atoms with Gasteiger partial charge in [-0.1, -0.05) is 12.0 Å². The number of nitrogens with zero attached hydrogens (tertiary/aromatic N) is 4. The first-order valence-corrected chi connectivity index (χ1v) is 5.64. The molecule has 94 valence electrons. The molecule has 0 aliphatic carbocycles. The fourth-order valence-corrected chi connectivity index (χ4v) is 1.72. The van der Waals surface area contributed by atoms with E-state index in [9.17, 15) is 4.79 Å². The summed E-state index contributed by atoms with van der Waals surface area (Å²) < 4.78 is 10.1. The van der Waals surface area contributed by atoms with E-state index in [-0.39, 0.29) is 6.09 Å². The highest BCUT2D eigenvalue weighted by atomic mass is 16.5. The molecule has 0 bridgehead atoms. The zero-order valence-electron chi connectivity index (χ0n) is 10.0. The van der Waals surface area contributed by atoms with E-state index in [4.69, 9.17) is 4.42 Å². The lowest BCUT2D eigenvalue weighted by atomic mass is 10.3. The van der Waals surface area contributed by atoms with Crippen molar-refractivity contribution < 1.29 is 13.9 Å². The van der Waals surface area contributed by atoms with Gasteiger partial charge in [-0.05, 0) is 0 Å². The number of rotatable bonds is 2. The van der Waals surface area contributed by atoms with Gasteiger partial charge in [0.1, 0.15) is 0 Å². The van der Waals surface area contributed by atoms with Crippen LogP contribution in [0.15, 0.2) is 4.42 Å². The van der Waals surface area contributed by atoms with Gasteiger partial charge in [0.25, 0.3) is 0 Å². The van der Waals surface area contributed by atoms with Crippen LogP contribution in [0.3, 0.4) is 0 Å². The lowest BCUT2D eigenvalue weighted by Crippen LogP contribution is -2.48. The molecule has 7 heteroatoms. The van der Waals surface area contributed by atoms with Gasteiger partial charge in [0.05, 0.1) is 7.11 Å². The lowest BCUT2D eigenvalue weighted by molar-refractivity contribution is 0.120. The summed E-state index contributed by atoms with van der Waals surface area (Å²) in [6, 6.07) is 0.534. The van der Waals surface area contributed by atoms with Crippen LogP contribution in [0.2, 0.25) is 0 Å². The van der Waals surface area contributed by atoms with Crippen LogP contribution < -0.4 is 4.90 Å². The van der Waals surface area contributed by atoms with Gasteiger partial charge in [-0.15, -0.1) is 5.10 Å². The van der Waals surface area contributed by atoms with Crippen molar-refractivity contribution in [3.63, 3.8) is 0 Å². The minimum Gasteiger partial charge on any atom is -0.453 e. The molecule has 0 radical (unpaired) electrons. The molecule has 1 aliphatic heterocycles. The van der Waals surface area contributed by atoms with Crippen molar-refractivity contribution in [2.75, 3.05) is 38.2 Å². The third-order valence-corrected chi connectivity index (χ3v) is 2.74. The molecule has 0 saturated carbocycles. The summed E-state index contributed by atoms with van der Waals surface area (Å²) in [5.74, 6) is 0.635. The Morgan fingerprint density at radius 2 is 2.06 bits per heavy atom. The summed E-state index contributed by atoms with van der Waals surface area (Å²) >= 11 is 0. The highest BCUT2D eigenvalue weighted by Crippen LogP contribution is 2.15. The highest BCUT2D eigenvalue weighted by Gasteiger charge is 2.24. The number of anilines is 1. The molecule has 0 atom stereocenters. The average Bonchev–Trinajstić information content (AvgIpc) is 2.87. The van der Waals surface area contributed by atoms with Gasteiger partial charge in [0.2, 0.25) is 5.89 Å². The van der Waals surface area contributed by atoms with Gasteiger partial charge in [-0.3, -0.25) is 0 Å². The number of hydrogen-bond donors (Lipinski definition) is 0. The van der Waals surface area contributed by atoms with Gasteiger partial charge in [0, 0.05) is 32.6 Å². The van der Waals surface area contributed by atoms with Crippen LogP contribution in [-0.4, -0.2) is 54.5 Å². The van der Waals surface area contributed by atoms with E-state index >= 15 is 0 Å². The van der Waals surface area contributed by atoms with Gasteiger partial charge < -0.3 is 19.0 Å². The number of carbonyl (C=O) groups excluding carboxylic acids is 1. The zero-order valence-corrected chi connectivity index (χ0v) is 10.0. The second-order valence-corrected chi connectivity index (χ2v) is 3.78. The molecule has 1 aromatic heterocycles. The minimum absolute atomic E-state index is 0.288. The largest absolute Gasteiger partial charge is 0.453 e. The number of hydrogen-bond acceptors (Lipinski definition) is 6. The quantitative estimate of drug-likeness (QED) is 0.750. The Morgan fingerprint density at radius 1 is 1.35 bits per heavy atom. The van der Waals surface area contributed by atoms with Crippen molar-refractivity contribution in [3.05, 3.63) is 5.89 Å². The van der Waals surface area contributed by atoms with Gasteiger partial charge in [-0.25, -0.2) is 4.79 Å². The average molecular weight is 240 g/mol. The van der Waals surface area contributed by atoms with Crippen LogP contribution in [0.4, 0.5) is 10.8 Å². The zero-order chi connectivity index (χ0) is 12.3. The van der Waals surface area contributed by atoms with Crippen molar-refractivity contribution in [2.45, 2.75) is 13.3 Å². The Labute approximate surface area is 99.3 Å². The van der Waals surface area contributed by atoms with E-state index in [1.54, 1.807) is 4.90 Å². The number of piperazine rings is 1. The molecule has 1 aromatic rings. The number of methoxy groups -OCH3 is 1. The summed E-state index contributed by atoms with van der Waals surface area (Å²) in [6.07, 6.45) is 0.444. The number of amides is 1. The van der Waals surface area contributed by atoms with Crippen molar-refractivity contribution in [2.24, 2.45) is 0 Å². The molecular weight excluding hydrogens is 224 g/mol. The fraction of sp³-hybridized carbons (Fsp3) is 0.700. The summed E-state index contributed by atoms with van der Waals surface area (Å²) in [5.41, 5.74) is 0. The van der Waals surface area contributed by atoms with E-state index in [0.717, 1.165) is 6.42 Å². The summed E-state index contributed by atoms with van der Waals surface area (Å²) in [7, 11) is 1.39. The van der Waals surface area contributed by atoms with Crippen LogP contribution in [0.1, 0.15) is 12.8 Å². The number of aromatic nitrogens is 2. The Morgan fingerprint density at radius 3 is 2.59 bits per heavy atom. The molecule has 1 saturated heterocycles.